The Morgan fingerprint density at radius 3 is 2.56 bits per heavy atom. The minimum absolute atomic E-state index is 0.355. The predicted molar refractivity (Wildman–Crippen MR) is 50.8 cm³/mol. The Labute approximate surface area is 91.1 Å². The number of nitrogens with one attached hydrogen (secondary N) is 1. The molecule has 0 aliphatic carbocycles. The van der Waals surface area contributed by atoms with Crippen LogP contribution < -0.4 is 5.32 Å². The molecule has 1 heterocycles. The van der Waals surface area contributed by atoms with Gasteiger partial charge in [-0.05, 0) is 0 Å². The van der Waals surface area contributed by atoms with E-state index >= 15 is 0 Å². The molecule has 0 aromatic carbocycles. The van der Waals surface area contributed by atoms with Gasteiger partial charge in [0.25, 0.3) is 5.90 Å². The number of ether oxygens (including phenoxy) is 1. The summed E-state index contributed by atoms with van der Waals surface area (Å²) in [5.74, 6) is -0.838. The first-order valence-corrected chi connectivity index (χ1v) is 4.64. The fraction of sp³-hybridized carbons (Fsp3) is 0.750. The van der Waals surface area contributed by atoms with Crippen LogP contribution >= 0.6 is 0 Å². The van der Waals surface area contributed by atoms with Crippen molar-refractivity contribution < 1.29 is 30.1 Å². The Morgan fingerprint density at radius 2 is 2.12 bits per heavy atom. The molecule has 8 nitrogen and oxygen atoms in total. The molecule has 0 radical (unpaired) electrons. The lowest BCUT2D eigenvalue weighted by Gasteiger charge is -2.37. The fourth-order valence-electron chi connectivity index (χ4n) is 1.46. The number of amides is 1. The molecule has 5 N–H and O–H groups in total. The number of carbonyl (C=O) groups excluding carboxylic acids is 1. The Morgan fingerprint density at radius 1 is 1.50 bits per heavy atom. The first kappa shape index (κ1) is 12.7. The summed E-state index contributed by atoms with van der Waals surface area (Å²) in [7, 11) is 0. The van der Waals surface area contributed by atoms with Crippen LogP contribution in [0, 0.1) is 0 Å². The van der Waals surface area contributed by atoms with E-state index in [0.29, 0.717) is 0 Å². The van der Waals surface area contributed by atoms with E-state index in [2.05, 4.69) is 10.5 Å². The summed E-state index contributed by atoms with van der Waals surface area (Å²) < 4.78 is 4.91. The van der Waals surface area contributed by atoms with Gasteiger partial charge in [0.05, 0.1) is 6.61 Å². The lowest BCUT2D eigenvalue weighted by molar-refractivity contribution is -0.126. The first-order chi connectivity index (χ1) is 7.51. The van der Waals surface area contributed by atoms with Crippen molar-refractivity contribution in [1.82, 2.24) is 5.32 Å². The summed E-state index contributed by atoms with van der Waals surface area (Å²) in [6.07, 6.45) is -3.89. The van der Waals surface area contributed by atoms with Crippen molar-refractivity contribution in [2.75, 3.05) is 6.61 Å². The largest absolute Gasteiger partial charge is 0.468 e. The normalized spacial score (nSPS) is 36.9. The minimum Gasteiger partial charge on any atom is -0.468 e. The molecule has 0 aromatic heterocycles. The third-order valence-corrected chi connectivity index (χ3v) is 2.25. The molecular formula is C8H14N2O6. The molecule has 1 amide bonds. The zero-order valence-corrected chi connectivity index (χ0v) is 8.57. The van der Waals surface area contributed by atoms with Gasteiger partial charge in [-0.2, -0.15) is 0 Å². The highest BCUT2D eigenvalue weighted by Gasteiger charge is 2.43. The molecule has 1 aliphatic heterocycles. The minimum atomic E-state index is -1.42. The van der Waals surface area contributed by atoms with Gasteiger partial charge >= 0.3 is 0 Å². The summed E-state index contributed by atoms with van der Waals surface area (Å²) in [5, 5.41) is 41.6. The second-order valence-corrected chi connectivity index (χ2v) is 3.44. The van der Waals surface area contributed by atoms with Crippen LogP contribution in [0.4, 0.5) is 0 Å². The highest BCUT2D eigenvalue weighted by atomic mass is 16.6. The van der Waals surface area contributed by atoms with Crippen molar-refractivity contribution in [1.29, 1.82) is 0 Å². The fourth-order valence-corrected chi connectivity index (χ4v) is 1.46. The number of hydrogen-bond donors (Lipinski definition) is 5. The zero-order valence-electron chi connectivity index (χ0n) is 8.57. The number of rotatable bonds is 2. The monoisotopic (exact) mass is 234 g/mol. The van der Waals surface area contributed by atoms with Gasteiger partial charge in [-0.15, -0.1) is 0 Å². The van der Waals surface area contributed by atoms with Crippen LogP contribution in [0.5, 0.6) is 0 Å². The number of carbonyl (C=O) groups is 1. The molecule has 1 fully saturated rings. The maximum absolute atomic E-state index is 10.8. The van der Waals surface area contributed by atoms with E-state index in [1.807, 2.05) is 0 Å². The van der Waals surface area contributed by atoms with Crippen molar-refractivity contribution in [2.45, 2.75) is 31.3 Å². The van der Waals surface area contributed by atoms with Crippen molar-refractivity contribution in [3.8, 4) is 0 Å². The van der Waals surface area contributed by atoms with Crippen LogP contribution in [0.25, 0.3) is 0 Å². The van der Waals surface area contributed by atoms with Gasteiger partial charge in [0, 0.05) is 6.92 Å². The molecular weight excluding hydrogens is 220 g/mol. The highest BCUT2D eigenvalue weighted by molar-refractivity contribution is 5.88. The van der Waals surface area contributed by atoms with E-state index in [1.165, 1.54) is 6.92 Å². The molecule has 92 valence electrons. The van der Waals surface area contributed by atoms with Gasteiger partial charge < -0.3 is 30.6 Å². The summed E-state index contributed by atoms with van der Waals surface area (Å²) in [4.78, 5) is 10.8. The molecule has 0 aromatic rings. The van der Waals surface area contributed by atoms with E-state index in [-0.39, 0.29) is 5.90 Å². The van der Waals surface area contributed by atoms with Gasteiger partial charge in [0.15, 0.2) is 6.10 Å². The van der Waals surface area contributed by atoms with E-state index < -0.39 is 36.9 Å². The number of aliphatic hydroxyl groups excluding tert-OH is 3. The van der Waals surface area contributed by atoms with Gasteiger partial charge in [0.1, 0.15) is 18.2 Å². The molecule has 1 aliphatic rings. The summed E-state index contributed by atoms with van der Waals surface area (Å²) >= 11 is 0. The summed E-state index contributed by atoms with van der Waals surface area (Å²) in [6.45, 7) is 0.649. The topological polar surface area (TPSA) is 132 Å². The molecule has 0 spiro atoms. The highest BCUT2D eigenvalue weighted by Crippen LogP contribution is 2.17. The van der Waals surface area contributed by atoms with Crippen molar-refractivity contribution >= 4 is 11.8 Å². The molecule has 0 unspecified atom stereocenters. The van der Waals surface area contributed by atoms with Crippen LogP contribution in [0.3, 0.4) is 0 Å². The number of oxime groups is 1. The lowest BCUT2D eigenvalue weighted by Crippen LogP contribution is -2.62. The van der Waals surface area contributed by atoms with Gasteiger partial charge in [-0.25, -0.2) is 0 Å². The number of aliphatic hydroxyl groups is 3. The number of nitrogens with zero attached hydrogens (tertiary/aromatic N) is 1. The van der Waals surface area contributed by atoms with Gasteiger partial charge in [-0.1, -0.05) is 5.16 Å². The quantitative estimate of drug-likeness (QED) is 0.263. The maximum Gasteiger partial charge on any atom is 0.251 e. The Hall–Kier alpha value is -1.38. The first-order valence-electron chi connectivity index (χ1n) is 4.64. The van der Waals surface area contributed by atoms with Crippen LogP contribution in [0.2, 0.25) is 0 Å². The SMILES string of the molecule is CC(=O)N[C@H]1C(=NO)O[C@H](CO)[C@@H](O)[C@@H]1O. The Balaban J connectivity index is 2.86. The average Bonchev–Trinajstić information content (AvgIpc) is 2.25. The molecule has 1 rings (SSSR count). The second-order valence-electron chi connectivity index (χ2n) is 3.44. The summed E-state index contributed by atoms with van der Waals surface area (Å²) in [5.41, 5.74) is 0. The average molecular weight is 234 g/mol. The standard InChI is InChI=1S/C8H14N2O6/c1-3(12)9-5-7(14)6(13)4(2-11)16-8(5)10-15/h4-7,11,13-15H,2H2,1H3,(H,9,12)/t4-,5-,6-,7-/m1/s1. The van der Waals surface area contributed by atoms with E-state index in [4.69, 9.17) is 15.1 Å². The second kappa shape index (κ2) is 5.10. The van der Waals surface area contributed by atoms with Gasteiger partial charge in [0.2, 0.25) is 5.91 Å². The molecule has 16 heavy (non-hydrogen) atoms. The van der Waals surface area contributed by atoms with E-state index in [1.54, 1.807) is 0 Å². The third-order valence-electron chi connectivity index (χ3n) is 2.25. The Kier molecular flexibility index (Phi) is 4.05. The molecule has 0 bridgehead atoms. The van der Waals surface area contributed by atoms with Crippen molar-refractivity contribution in [2.24, 2.45) is 5.16 Å². The smallest absolute Gasteiger partial charge is 0.251 e. The Bertz CT molecular complexity index is 294. The van der Waals surface area contributed by atoms with Gasteiger partial charge in [-0.3, -0.25) is 4.79 Å². The van der Waals surface area contributed by atoms with Crippen LogP contribution in [0.1, 0.15) is 6.92 Å². The third kappa shape index (κ3) is 2.40. The maximum atomic E-state index is 10.8. The molecule has 4 atom stereocenters. The zero-order chi connectivity index (χ0) is 12.3. The van der Waals surface area contributed by atoms with Crippen molar-refractivity contribution in [3.05, 3.63) is 0 Å². The van der Waals surface area contributed by atoms with Crippen LogP contribution in [-0.4, -0.2) is 63.3 Å². The van der Waals surface area contributed by atoms with Crippen LogP contribution in [-0.2, 0) is 9.53 Å². The lowest BCUT2D eigenvalue weighted by atomic mass is 9.97. The molecule has 1 saturated heterocycles. The van der Waals surface area contributed by atoms with Crippen LogP contribution in [0.15, 0.2) is 5.16 Å². The number of hydrogen-bond acceptors (Lipinski definition) is 7. The molecule has 8 heteroatoms. The summed E-state index contributed by atoms with van der Waals surface area (Å²) in [6, 6.07) is -1.14. The predicted octanol–water partition coefficient (Wildman–Crippen LogP) is -2.61. The van der Waals surface area contributed by atoms with Crippen molar-refractivity contribution in [3.63, 3.8) is 0 Å². The molecule has 0 saturated carbocycles. The van der Waals surface area contributed by atoms with E-state index in [9.17, 15) is 15.0 Å². The van der Waals surface area contributed by atoms with E-state index in [0.717, 1.165) is 0 Å².